The maximum absolute atomic E-state index is 13.2. The molecule has 1 N–H and O–H groups in total. The monoisotopic (exact) mass is 436 g/mol. The lowest BCUT2D eigenvalue weighted by Crippen LogP contribution is -2.52. The van der Waals surface area contributed by atoms with Crippen molar-refractivity contribution in [2.24, 2.45) is 0 Å². The normalized spacial score (nSPS) is 27.0. The summed E-state index contributed by atoms with van der Waals surface area (Å²) in [5, 5.41) is 3.49. The molecule has 1 aromatic rings. The van der Waals surface area contributed by atoms with Gasteiger partial charge in [0, 0.05) is 49.1 Å². The van der Waals surface area contributed by atoms with E-state index in [4.69, 9.17) is 11.6 Å². The average Bonchev–Trinajstić information content (AvgIpc) is 3.06. The van der Waals surface area contributed by atoms with Gasteiger partial charge in [-0.1, -0.05) is 11.6 Å². The molecule has 7 nitrogen and oxygen atoms in total. The number of hydrogen-bond acceptors (Lipinski definition) is 4. The molecule has 0 saturated carbocycles. The third kappa shape index (κ3) is 4.05. The van der Waals surface area contributed by atoms with Crippen molar-refractivity contribution < 1.29 is 14.4 Å². The molecule has 0 bridgehead atoms. The Balaban J connectivity index is 1.36. The molecular formula is C20H25ClN4O3S. The van der Waals surface area contributed by atoms with Gasteiger partial charge in [-0.05, 0) is 44.0 Å². The maximum atomic E-state index is 13.2. The fourth-order valence-corrected chi connectivity index (χ4v) is 5.84. The van der Waals surface area contributed by atoms with E-state index in [0.717, 1.165) is 6.42 Å². The van der Waals surface area contributed by atoms with Gasteiger partial charge in [0.1, 0.15) is 6.04 Å². The van der Waals surface area contributed by atoms with E-state index in [2.05, 4.69) is 12.2 Å². The van der Waals surface area contributed by atoms with Gasteiger partial charge in [-0.15, -0.1) is 11.8 Å². The van der Waals surface area contributed by atoms with E-state index in [9.17, 15) is 14.4 Å². The van der Waals surface area contributed by atoms with Gasteiger partial charge in [0.25, 0.3) is 0 Å². The van der Waals surface area contributed by atoms with Crippen molar-refractivity contribution in [1.29, 1.82) is 0 Å². The predicted molar refractivity (Wildman–Crippen MR) is 114 cm³/mol. The molecule has 0 spiro atoms. The number of carbonyl (C=O) groups excluding carboxylic acids is 3. The number of halogens is 1. The molecule has 9 heteroatoms. The van der Waals surface area contributed by atoms with Crippen LogP contribution < -0.4 is 5.32 Å². The number of urea groups is 1. The first kappa shape index (κ1) is 20.3. The van der Waals surface area contributed by atoms with E-state index in [1.807, 2.05) is 4.90 Å². The van der Waals surface area contributed by atoms with Gasteiger partial charge in [-0.3, -0.25) is 9.59 Å². The Morgan fingerprint density at radius 1 is 1.14 bits per heavy atom. The summed E-state index contributed by atoms with van der Waals surface area (Å²) in [5.74, 6) is 0.740. The summed E-state index contributed by atoms with van der Waals surface area (Å²) < 4.78 is 0. The lowest BCUT2D eigenvalue weighted by atomic mass is 10.2. The molecule has 4 amide bonds. The van der Waals surface area contributed by atoms with Crippen LogP contribution in [0.3, 0.4) is 0 Å². The highest BCUT2D eigenvalue weighted by molar-refractivity contribution is 8.01. The van der Waals surface area contributed by atoms with Crippen LogP contribution in [-0.2, 0) is 9.59 Å². The van der Waals surface area contributed by atoms with Gasteiger partial charge in [0.15, 0.2) is 0 Å². The number of carbonyl (C=O) groups is 3. The van der Waals surface area contributed by atoms with E-state index in [0.29, 0.717) is 55.5 Å². The van der Waals surface area contributed by atoms with Gasteiger partial charge in [0.05, 0.1) is 4.87 Å². The summed E-state index contributed by atoms with van der Waals surface area (Å²) in [6.45, 7) is 4.19. The van der Waals surface area contributed by atoms with Crippen molar-refractivity contribution in [3.8, 4) is 0 Å². The molecule has 29 heavy (non-hydrogen) atoms. The molecular weight excluding hydrogens is 412 g/mol. The second kappa shape index (κ2) is 8.07. The largest absolute Gasteiger partial charge is 0.339 e. The second-order valence-corrected chi connectivity index (χ2v) is 9.81. The van der Waals surface area contributed by atoms with Crippen LogP contribution >= 0.6 is 23.4 Å². The van der Waals surface area contributed by atoms with Crippen molar-refractivity contribution in [3.63, 3.8) is 0 Å². The van der Waals surface area contributed by atoms with E-state index in [1.165, 1.54) is 0 Å². The van der Waals surface area contributed by atoms with E-state index < -0.39 is 0 Å². The quantitative estimate of drug-likeness (QED) is 0.773. The Labute approximate surface area is 179 Å². The minimum atomic E-state index is -0.380. The van der Waals surface area contributed by atoms with Crippen LogP contribution in [-0.4, -0.2) is 75.4 Å². The number of nitrogens with zero attached hydrogens (tertiary/aromatic N) is 3. The predicted octanol–water partition coefficient (Wildman–Crippen LogP) is 2.86. The van der Waals surface area contributed by atoms with Crippen LogP contribution in [0.5, 0.6) is 0 Å². The zero-order chi connectivity index (χ0) is 20.6. The fourth-order valence-electron chi connectivity index (χ4n) is 4.29. The molecule has 156 valence electrons. The highest BCUT2D eigenvalue weighted by Crippen LogP contribution is 2.47. The number of anilines is 1. The van der Waals surface area contributed by atoms with Crippen molar-refractivity contribution in [1.82, 2.24) is 14.7 Å². The lowest BCUT2D eigenvalue weighted by molar-refractivity contribution is -0.143. The van der Waals surface area contributed by atoms with Crippen LogP contribution in [0.25, 0.3) is 0 Å². The van der Waals surface area contributed by atoms with Crippen LogP contribution in [0.4, 0.5) is 10.5 Å². The Morgan fingerprint density at radius 2 is 1.83 bits per heavy atom. The number of benzene rings is 1. The zero-order valence-electron chi connectivity index (χ0n) is 16.4. The van der Waals surface area contributed by atoms with E-state index >= 15 is 0 Å². The van der Waals surface area contributed by atoms with Crippen LogP contribution in [0.1, 0.15) is 26.2 Å². The van der Waals surface area contributed by atoms with Crippen molar-refractivity contribution in [2.75, 3.05) is 37.2 Å². The maximum Gasteiger partial charge on any atom is 0.321 e. The molecule has 0 radical (unpaired) electrons. The first-order chi connectivity index (χ1) is 13.9. The number of rotatable bonds is 2. The summed E-state index contributed by atoms with van der Waals surface area (Å²) in [4.78, 5) is 43.2. The Hall–Kier alpha value is -1.93. The lowest BCUT2D eigenvalue weighted by Gasteiger charge is -2.32. The Morgan fingerprint density at radius 3 is 2.59 bits per heavy atom. The topological polar surface area (TPSA) is 73.0 Å². The molecule has 2 unspecified atom stereocenters. The standard InChI is InChI=1S/C20H25ClN4O3S/c1-20-8-7-17(26)25(20)16(13-29-20)18(27)23-9-2-10-24(12-11-23)19(28)22-15-5-3-14(21)4-6-15/h3-6,16H,2,7-13H2,1H3,(H,22,28). The molecule has 3 aliphatic heterocycles. The van der Waals surface area contributed by atoms with Gasteiger partial charge < -0.3 is 20.0 Å². The zero-order valence-corrected chi connectivity index (χ0v) is 18.0. The summed E-state index contributed by atoms with van der Waals surface area (Å²) in [7, 11) is 0. The minimum absolute atomic E-state index is 0.0106. The molecule has 1 aromatic carbocycles. The third-order valence-electron chi connectivity index (χ3n) is 5.92. The van der Waals surface area contributed by atoms with Crippen LogP contribution in [0, 0.1) is 0 Å². The highest BCUT2D eigenvalue weighted by atomic mass is 35.5. The second-order valence-electron chi connectivity index (χ2n) is 7.87. The van der Waals surface area contributed by atoms with Crippen molar-refractivity contribution in [2.45, 2.75) is 37.1 Å². The highest BCUT2D eigenvalue weighted by Gasteiger charge is 2.53. The molecule has 3 aliphatic rings. The summed E-state index contributed by atoms with van der Waals surface area (Å²) >= 11 is 7.59. The van der Waals surface area contributed by atoms with Gasteiger partial charge in [-0.2, -0.15) is 0 Å². The minimum Gasteiger partial charge on any atom is -0.339 e. The summed E-state index contributed by atoms with van der Waals surface area (Å²) in [6.07, 6.45) is 2.04. The third-order valence-corrected chi connectivity index (χ3v) is 7.68. The fraction of sp³-hybridized carbons (Fsp3) is 0.550. The summed E-state index contributed by atoms with van der Waals surface area (Å²) in [5.41, 5.74) is 0.686. The first-order valence-corrected chi connectivity index (χ1v) is 11.3. The molecule has 3 saturated heterocycles. The van der Waals surface area contributed by atoms with E-state index in [-0.39, 0.29) is 28.8 Å². The average molecular weight is 437 g/mol. The number of amides is 4. The van der Waals surface area contributed by atoms with Crippen molar-refractivity contribution >= 4 is 46.9 Å². The first-order valence-electron chi connectivity index (χ1n) is 9.94. The molecule has 3 fully saturated rings. The van der Waals surface area contributed by atoms with Crippen LogP contribution in [0.2, 0.25) is 5.02 Å². The van der Waals surface area contributed by atoms with Gasteiger partial charge in [0.2, 0.25) is 11.8 Å². The Bertz CT molecular complexity index is 820. The number of hydrogen-bond donors (Lipinski definition) is 1. The number of nitrogens with one attached hydrogen (secondary N) is 1. The van der Waals surface area contributed by atoms with Gasteiger partial charge >= 0.3 is 6.03 Å². The molecule has 4 rings (SSSR count). The Kier molecular flexibility index (Phi) is 5.66. The van der Waals surface area contributed by atoms with Crippen molar-refractivity contribution in [3.05, 3.63) is 29.3 Å². The number of fused-ring (bicyclic) bond motifs is 1. The molecule has 2 atom stereocenters. The smallest absolute Gasteiger partial charge is 0.321 e. The SMILES string of the molecule is CC12CCC(=O)N1C(C(=O)N1CCCN(C(=O)Nc3ccc(Cl)cc3)CC1)CS2. The number of thioether (sulfide) groups is 1. The molecule has 3 heterocycles. The van der Waals surface area contributed by atoms with Crippen LogP contribution in [0.15, 0.2) is 24.3 Å². The summed E-state index contributed by atoms with van der Waals surface area (Å²) in [6, 6.07) is 6.42. The van der Waals surface area contributed by atoms with Gasteiger partial charge in [-0.25, -0.2) is 4.79 Å². The molecule has 0 aromatic heterocycles. The molecule has 0 aliphatic carbocycles. The van der Waals surface area contributed by atoms with E-state index in [1.54, 1.807) is 45.8 Å².